The Kier molecular flexibility index (Phi) is 14.9. The lowest BCUT2D eigenvalue weighted by Gasteiger charge is -2.25. The third-order valence-corrected chi connectivity index (χ3v) is 17.1. The van der Waals surface area contributed by atoms with Crippen molar-refractivity contribution in [2.75, 3.05) is 13.1 Å². The highest BCUT2D eigenvalue weighted by Crippen LogP contribution is 2.48. The number of hydrogen-bond acceptors (Lipinski definition) is 6. The van der Waals surface area contributed by atoms with Crippen molar-refractivity contribution < 1.29 is 9.59 Å². The SMILES string of the molecule is CCCCCCc1ccc(-c2ccc(-c3ccc(C4=C5C(=O)N(CCCC)C(c6ccc(-c7ccc(-c8ccc(CCCCCC)s8)s7)cc6)=C5C(=O)N4CCCC)cc3)s2)s1. The fourth-order valence-electron chi connectivity index (χ4n) is 8.63. The first-order valence-corrected chi connectivity index (χ1v) is 26.4. The maximum Gasteiger partial charge on any atom is 0.261 e. The van der Waals surface area contributed by atoms with Gasteiger partial charge >= 0.3 is 0 Å². The zero-order valence-electron chi connectivity index (χ0n) is 36.9. The van der Waals surface area contributed by atoms with Crippen molar-refractivity contribution in [1.29, 1.82) is 0 Å². The molecule has 0 aliphatic carbocycles. The van der Waals surface area contributed by atoms with E-state index in [-0.39, 0.29) is 11.8 Å². The number of fused-ring (bicyclic) bond motifs is 1. The summed E-state index contributed by atoms with van der Waals surface area (Å²) in [6.45, 7) is 9.98. The fourth-order valence-corrected chi connectivity index (χ4v) is 12.9. The number of nitrogens with zero attached hydrogens (tertiary/aromatic N) is 2. The number of amides is 2. The van der Waals surface area contributed by atoms with Crippen molar-refractivity contribution >= 4 is 68.6 Å². The van der Waals surface area contributed by atoms with Crippen molar-refractivity contribution in [3.63, 3.8) is 0 Å². The van der Waals surface area contributed by atoms with Gasteiger partial charge in [-0.15, -0.1) is 45.3 Å². The third-order valence-electron chi connectivity index (χ3n) is 12.1. The number of carbonyl (C=O) groups excluding carboxylic acids is 2. The molecule has 0 atom stereocenters. The quantitative estimate of drug-likeness (QED) is 0.0637. The second-order valence-corrected chi connectivity index (χ2v) is 21.2. The summed E-state index contributed by atoms with van der Waals surface area (Å²) in [5.41, 5.74) is 6.73. The normalized spacial score (nSPS) is 14.1. The van der Waals surface area contributed by atoms with E-state index in [0.29, 0.717) is 24.2 Å². The molecule has 322 valence electrons. The van der Waals surface area contributed by atoms with Gasteiger partial charge < -0.3 is 9.80 Å². The number of carbonyl (C=O) groups is 2. The molecule has 0 bridgehead atoms. The van der Waals surface area contributed by atoms with Crippen LogP contribution in [0.4, 0.5) is 0 Å². The summed E-state index contributed by atoms with van der Waals surface area (Å²) in [4.78, 5) is 43.8. The van der Waals surface area contributed by atoms with Crippen LogP contribution in [-0.4, -0.2) is 34.7 Å². The summed E-state index contributed by atoms with van der Waals surface area (Å²) in [6.07, 6.45) is 16.2. The fraction of sp³-hybridized carbons (Fsp3) is 0.370. The number of hydrogen-bond donors (Lipinski definition) is 0. The number of rotatable bonds is 22. The summed E-state index contributed by atoms with van der Waals surface area (Å²) in [6, 6.07) is 35.2. The molecular formula is C54H60N2O2S4. The van der Waals surface area contributed by atoms with E-state index >= 15 is 0 Å². The van der Waals surface area contributed by atoms with Gasteiger partial charge in [0, 0.05) is 52.1 Å². The molecule has 8 heteroatoms. The van der Waals surface area contributed by atoms with Crippen LogP contribution >= 0.6 is 45.3 Å². The molecule has 2 aliphatic rings. The monoisotopic (exact) mass is 896 g/mol. The van der Waals surface area contributed by atoms with Gasteiger partial charge in [0.1, 0.15) is 0 Å². The van der Waals surface area contributed by atoms with Crippen molar-refractivity contribution in [2.45, 2.75) is 118 Å². The second kappa shape index (κ2) is 20.9. The predicted octanol–water partition coefficient (Wildman–Crippen LogP) is 16.3. The molecule has 2 aliphatic heterocycles. The zero-order valence-corrected chi connectivity index (χ0v) is 40.2. The molecule has 0 spiro atoms. The van der Waals surface area contributed by atoms with E-state index in [0.717, 1.165) is 72.2 Å². The van der Waals surface area contributed by atoms with Crippen LogP contribution in [0.5, 0.6) is 0 Å². The van der Waals surface area contributed by atoms with Gasteiger partial charge in [0.15, 0.2) is 0 Å². The molecule has 4 aromatic heterocycles. The molecule has 4 nitrogen and oxygen atoms in total. The molecule has 6 heterocycles. The van der Waals surface area contributed by atoms with Crippen LogP contribution < -0.4 is 0 Å². The number of unbranched alkanes of at least 4 members (excludes halogenated alkanes) is 8. The van der Waals surface area contributed by atoms with Crippen molar-refractivity contribution in [2.24, 2.45) is 0 Å². The minimum absolute atomic E-state index is 0.0638. The Hall–Kier alpha value is -4.34. The number of thiophene rings is 4. The summed E-state index contributed by atoms with van der Waals surface area (Å²) in [5.74, 6) is -0.128. The molecule has 0 N–H and O–H groups in total. The summed E-state index contributed by atoms with van der Waals surface area (Å²) >= 11 is 7.50. The van der Waals surface area contributed by atoms with Crippen LogP contribution in [0.25, 0.3) is 51.8 Å². The van der Waals surface area contributed by atoms with E-state index in [1.807, 2.05) is 55.1 Å². The van der Waals surface area contributed by atoms with Crippen LogP contribution in [0.1, 0.15) is 126 Å². The van der Waals surface area contributed by atoms with Gasteiger partial charge in [-0.3, -0.25) is 9.59 Å². The van der Waals surface area contributed by atoms with Gasteiger partial charge in [-0.2, -0.15) is 0 Å². The number of benzene rings is 2. The largest absolute Gasteiger partial charge is 0.307 e. The topological polar surface area (TPSA) is 40.6 Å². The first kappa shape index (κ1) is 44.3. The Morgan fingerprint density at radius 3 is 1.08 bits per heavy atom. The van der Waals surface area contributed by atoms with Gasteiger partial charge in [0.25, 0.3) is 11.8 Å². The van der Waals surface area contributed by atoms with E-state index in [4.69, 9.17) is 0 Å². The standard InChI is InChI=1S/C54H60N2O2S4/c1-5-9-13-15-17-41-27-29-45(59-41)47-33-31-43(61-47)37-19-23-39(24-20-37)51-49-50(54(58)55(51)35-11-7-3)52(56(53(49)57)36-12-8-4)40-25-21-38(22-26-40)44-32-34-48(62-44)46-30-28-42(60-46)18-16-14-10-6-2/h19-34H,5-18,35-36H2,1-4H3. The lowest BCUT2D eigenvalue weighted by Crippen LogP contribution is -2.31. The smallest absolute Gasteiger partial charge is 0.261 e. The lowest BCUT2D eigenvalue weighted by atomic mass is 10.0. The molecule has 0 radical (unpaired) electrons. The van der Waals surface area contributed by atoms with Crippen LogP contribution in [0, 0.1) is 0 Å². The summed E-state index contributed by atoms with van der Waals surface area (Å²) < 4.78 is 0. The maximum atomic E-state index is 14.7. The van der Waals surface area contributed by atoms with Crippen LogP contribution in [-0.2, 0) is 22.4 Å². The van der Waals surface area contributed by atoms with Crippen molar-refractivity contribution in [1.82, 2.24) is 9.80 Å². The molecule has 2 amide bonds. The molecule has 2 aromatic carbocycles. The molecule has 8 rings (SSSR count). The van der Waals surface area contributed by atoms with Gasteiger partial charge in [-0.1, -0.05) is 128 Å². The van der Waals surface area contributed by atoms with Gasteiger partial charge in [-0.05, 0) is 109 Å². The maximum absolute atomic E-state index is 14.7. The second-order valence-electron chi connectivity index (χ2n) is 16.7. The molecule has 0 saturated carbocycles. The van der Waals surface area contributed by atoms with E-state index in [9.17, 15) is 9.59 Å². The average Bonchev–Trinajstić information content (AvgIpc) is 4.17. The van der Waals surface area contributed by atoms with E-state index in [1.54, 1.807) is 0 Å². The molecule has 0 fully saturated rings. The van der Waals surface area contributed by atoms with Crippen LogP contribution in [0.15, 0.2) is 108 Å². The molecule has 0 unspecified atom stereocenters. The van der Waals surface area contributed by atoms with Crippen LogP contribution in [0.3, 0.4) is 0 Å². The van der Waals surface area contributed by atoms with Gasteiger partial charge in [0.2, 0.25) is 0 Å². The molecule has 0 saturated heterocycles. The highest BCUT2D eigenvalue weighted by molar-refractivity contribution is 7.24. The van der Waals surface area contributed by atoms with Crippen molar-refractivity contribution in [3.05, 3.63) is 129 Å². The average molecular weight is 897 g/mol. The van der Waals surface area contributed by atoms with Crippen LogP contribution in [0.2, 0.25) is 0 Å². The Labute approximate surface area is 385 Å². The van der Waals surface area contributed by atoms with E-state index in [1.165, 1.54) is 90.4 Å². The molecule has 6 aromatic rings. The molecule has 62 heavy (non-hydrogen) atoms. The lowest BCUT2D eigenvalue weighted by molar-refractivity contribution is -0.124. The van der Waals surface area contributed by atoms with Crippen molar-refractivity contribution in [3.8, 4) is 40.4 Å². The summed E-state index contributed by atoms with van der Waals surface area (Å²) in [5, 5.41) is 0. The van der Waals surface area contributed by atoms with Gasteiger partial charge in [-0.25, -0.2) is 0 Å². The first-order chi connectivity index (χ1) is 30.4. The Morgan fingerprint density at radius 2 is 0.694 bits per heavy atom. The molecular weight excluding hydrogens is 837 g/mol. The number of aryl methyl sites for hydroxylation is 2. The highest BCUT2D eigenvalue weighted by atomic mass is 32.1. The Morgan fingerprint density at radius 1 is 0.355 bits per heavy atom. The predicted molar refractivity (Wildman–Crippen MR) is 269 cm³/mol. The Bertz CT molecular complexity index is 2350. The van der Waals surface area contributed by atoms with E-state index < -0.39 is 0 Å². The Balaban J connectivity index is 1.07. The van der Waals surface area contributed by atoms with Gasteiger partial charge in [0.05, 0.1) is 22.5 Å². The summed E-state index contributed by atoms with van der Waals surface area (Å²) in [7, 11) is 0. The third kappa shape index (κ3) is 9.59. The minimum Gasteiger partial charge on any atom is -0.307 e. The minimum atomic E-state index is -0.0638. The zero-order chi connectivity index (χ0) is 43.0. The highest BCUT2D eigenvalue weighted by Gasteiger charge is 2.48. The van der Waals surface area contributed by atoms with E-state index in [2.05, 4.69) is 125 Å². The first-order valence-electron chi connectivity index (χ1n) is 23.1.